The summed E-state index contributed by atoms with van der Waals surface area (Å²) in [6.45, 7) is 5.84. The number of nitrogens with zero attached hydrogens (tertiary/aromatic N) is 2. The standard InChI is InChI=1S/C42H54FN7O8S/c1-2-29-23-42(29)40(54)48-59(56,57)36-15-8-7-13-33(36)45-18-9-5-3-4-6-14-34(46-37(51)21-27-16-19-44-20-17-27)39(53)50-25-30(22-35(50)38(52)47-42)58-41(55)49-24-28-11-10-12-32(43)31(28)26-49/h2,7-8,10-13,15,27,29-30,34-35,44-45H,1,3-6,9,14,16-26H2,(H,46,51)(H,47,52)(H,48,54)/t29-,30-,34+,35+,42-/m1/s1. The van der Waals surface area contributed by atoms with Crippen molar-refractivity contribution < 1.29 is 41.5 Å². The molecule has 0 aromatic heterocycles. The Morgan fingerprint density at radius 3 is 2.49 bits per heavy atom. The van der Waals surface area contributed by atoms with E-state index in [4.69, 9.17) is 4.74 Å². The van der Waals surface area contributed by atoms with E-state index < -0.39 is 69.3 Å². The van der Waals surface area contributed by atoms with Crippen LogP contribution in [0.3, 0.4) is 0 Å². The number of carbonyl (C=O) groups is 5. The van der Waals surface area contributed by atoms with Crippen molar-refractivity contribution in [3.63, 3.8) is 0 Å². The van der Waals surface area contributed by atoms with Crippen molar-refractivity contribution >= 4 is 45.4 Å². The molecule has 7 rings (SSSR count). The van der Waals surface area contributed by atoms with Crippen LogP contribution in [0, 0.1) is 17.7 Å². The first kappa shape index (κ1) is 42.1. The first-order chi connectivity index (χ1) is 28.4. The van der Waals surface area contributed by atoms with Crippen LogP contribution in [0.1, 0.15) is 81.8 Å². The summed E-state index contributed by atoms with van der Waals surface area (Å²) in [5, 5.41) is 12.2. The molecule has 59 heavy (non-hydrogen) atoms. The van der Waals surface area contributed by atoms with Gasteiger partial charge in [0.15, 0.2) is 0 Å². The van der Waals surface area contributed by atoms with Crippen LogP contribution in [0.4, 0.5) is 14.9 Å². The Bertz CT molecular complexity index is 2060. The molecule has 15 nitrogen and oxygen atoms in total. The zero-order valence-corrected chi connectivity index (χ0v) is 34.0. The van der Waals surface area contributed by atoms with Gasteiger partial charge in [0.05, 0.1) is 18.8 Å². The highest BCUT2D eigenvalue weighted by molar-refractivity contribution is 7.90. The number of sulfonamides is 1. The number of piperidine rings is 1. The maximum absolute atomic E-state index is 14.7. The van der Waals surface area contributed by atoms with Gasteiger partial charge in [-0.05, 0) is 74.9 Å². The third-order valence-corrected chi connectivity index (χ3v) is 13.7. The summed E-state index contributed by atoms with van der Waals surface area (Å²) < 4.78 is 50.1. The van der Waals surface area contributed by atoms with Gasteiger partial charge < -0.3 is 30.9 Å². The minimum absolute atomic E-state index is 0.00466. The van der Waals surface area contributed by atoms with Gasteiger partial charge in [0.25, 0.3) is 15.9 Å². The minimum Gasteiger partial charge on any atom is -0.444 e. The number of para-hydroxylation sites is 1. The van der Waals surface area contributed by atoms with Crippen molar-refractivity contribution in [2.75, 3.05) is 31.5 Å². The lowest BCUT2D eigenvalue weighted by Crippen LogP contribution is -2.58. The molecule has 2 saturated heterocycles. The number of ether oxygens (including phenoxy) is 1. The summed E-state index contributed by atoms with van der Waals surface area (Å²) in [6, 6.07) is 8.68. The maximum Gasteiger partial charge on any atom is 0.410 e. The van der Waals surface area contributed by atoms with Crippen molar-refractivity contribution in [3.05, 3.63) is 72.1 Å². The van der Waals surface area contributed by atoms with Crippen LogP contribution in [0.2, 0.25) is 0 Å². The number of hydrogen-bond acceptors (Lipinski definition) is 10. The number of amides is 5. The zero-order chi connectivity index (χ0) is 41.7. The molecule has 17 heteroatoms. The van der Waals surface area contributed by atoms with Crippen molar-refractivity contribution in [1.29, 1.82) is 0 Å². The molecule has 318 valence electrons. The lowest BCUT2D eigenvalue weighted by atomic mass is 9.94. The molecule has 3 fully saturated rings. The average Bonchev–Trinajstić information content (AvgIpc) is 3.50. The predicted molar refractivity (Wildman–Crippen MR) is 215 cm³/mol. The van der Waals surface area contributed by atoms with Gasteiger partial charge in [-0.15, -0.1) is 6.58 Å². The first-order valence-corrected chi connectivity index (χ1v) is 22.2. The molecule has 4 heterocycles. The van der Waals surface area contributed by atoms with E-state index in [0.717, 1.165) is 51.6 Å². The Morgan fingerprint density at radius 1 is 0.966 bits per heavy atom. The SMILES string of the molecule is C=C[C@@H]1C[C@@]12NC(=O)[C@@H]1C[C@@H](OC(=O)N3Cc4cccc(F)c4C3)CN1C(=O)[C@@H](NC(=O)CC1CCNCC1)CCCCCCCNc1ccccc1S(=O)(=O)NC2=O. The van der Waals surface area contributed by atoms with Crippen LogP contribution in [0.25, 0.3) is 0 Å². The van der Waals surface area contributed by atoms with Gasteiger partial charge in [0, 0.05) is 37.4 Å². The van der Waals surface area contributed by atoms with E-state index in [1.807, 2.05) is 0 Å². The molecule has 1 spiro atoms. The number of benzene rings is 2. The van der Waals surface area contributed by atoms with E-state index in [9.17, 15) is 36.8 Å². The molecule has 5 atom stereocenters. The average molecular weight is 836 g/mol. The second-order valence-corrected chi connectivity index (χ2v) is 18.1. The fourth-order valence-corrected chi connectivity index (χ4v) is 10.1. The molecule has 0 radical (unpaired) electrons. The Kier molecular flexibility index (Phi) is 12.9. The fraction of sp³-hybridized carbons (Fsp3) is 0.548. The minimum atomic E-state index is -4.41. The highest BCUT2D eigenvalue weighted by Crippen LogP contribution is 2.45. The van der Waals surface area contributed by atoms with Crippen LogP contribution in [0.5, 0.6) is 0 Å². The lowest BCUT2D eigenvalue weighted by Gasteiger charge is -2.30. The van der Waals surface area contributed by atoms with Crippen molar-refractivity contribution in [1.82, 2.24) is 30.5 Å². The van der Waals surface area contributed by atoms with Gasteiger partial charge in [0.2, 0.25) is 17.7 Å². The van der Waals surface area contributed by atoms with Crippen LogP contribution in [-0.2, 0) is 47.0 Å². The normalized spacial score (nSPS) is 27.9. The molecule has 5 amide bonds. The van der Waals surface area contributed by atoms with Crippen LogP contribution < -0.4 is 26.0 Å². The third-order valence-electron chi connectivity index (χ3n) is 12.3. The van der Waals surface area contributed by atoms with Gasteiger partial charge >= 0.3 is 6.09 Å². The van der Waals surface area contributed by atoms with E-state index in [1.54, 1.807) is 30.3 Å². The van der Waals surface area contributed by atoms with Crippen LogP contribution in [-0.4, -0.2) is 97.8 Å². The van der Waals surface area contributed by atoms with Gasteiger partial charge in [-0.1, -0.05) is 56.0 Å². The Balaban J connectivity index is 1.15. The zero-order valence-electron chi connectivity index (χ0n) is 33.2. The molecule has 5 N–H and O–H groups in total. The number of hydrogen-bond donors (Lipinski definition) is 5. The van der Waals surface area contributed by atoms with Crippen LogP contribution >= 0.6 is 0 Å². The topological polar surface area (TPSA) is 195 Å². The summed E-state index contributed by atoms with van der Waals surface area (Å²) in [5.74, 6) is -3.37. The number of rotatable bonds is 5. The van der Waals surface area contributed by atoms with E-state index in [-0.39, 0.29) is 55.6 Å². The monoisotopic (exact) mass is 835 g/mol. The number of nitrogens with one attached hydrogen (secondary N) is 5. The molecule has 0 unspecified atom stereocenters. The predicted octanol–water partition coefficient (Wildman–Crippen LogP) is 3.45. The van der Waals surface area contributed by atoms with Crippen LogP contribution in [0.15, 0.2) is 60.0 Å². The lowest BCUT2D eigenvalue weighted by molar-refractivity contribution is -0.142. The highest BCUT2D eigenvalue weighted by Gasteiger charge is 2.61. The summed E-state index contributed by atoms with van der Waals surface area (Å²) in [5.41, 5.74) is -0.310. The quantitative estimate of drug-likeness (QED) is 0.279. The van der Waals surface area contributed by atoms with E-state index in [1.165, 1.54) is 28.0 Å². The summed E-state index contributed by atoms with van der Waals surface area (Å²) in [4.78, 5) is 72.6. The van der Waals surface area contributed by atoms with Gasteiger partial charge in [-0.25, -0.2) is 22.3 Å². The Hall–Kier alpha value is -5.03. The molecular weight excluding hydrogens is 782 g/mol. The molecule has 2 aromatic carbocycles. The summed E-state index contributed by atoms with van der Waals surface area (Å²) in [7, 11) is -4.41. The largest absolute Gasteiger partial charge is 0.444 e. The molecule has 4 aliphatic heterocycles. The number of fused-ring (bicyclic) bond motifs is 3. The van der Waals surface area contributed by atoms with Gasteiger partial charge in [0.1, 0.15) is 34.4 Å². The fourth-order valence-electron chi connectivity index (χ4n) is 8.84. The number of halogens is 1. The molecule has 5 aliphatic rings. The van der Waals surface area contributed by atoms with Gasteiger partial charge in [-0.2, -0.15) is 0 Å². The molecule has 1 saturated carbocycles. The first-order valence-electron chi connectivity index (χ1n) is 20.8. The number of anilines is 1. The van der Waals surface area contributed by atoms with Crippen molar-refractivity contribution in [3.8, 4) is 0 Å². The summed E-state index contributed by atoms with van der Waals surface area (Å²) in [6.07, 6.45) is 5.69. The van der Waals surface area contributed by atoms with E-state index in [0.29, 0.717) is 36.2 Å². The van der Waals surface area contributed by atoms with Crippen molar-refractivity contribution in [2.24, 2.45) is 11.8 Å². The Morgan fingerprint density at radius 2 is 1.73 bits per heavy atom. The molecule has 0 bridgehead atoms. The van der Waals surface area contributed by atoms with Gasteiger partial charge in [-0.3, -0.25) is 24.1 Å². The van der Waals surface area contributed by atoms with Crippen molar-refractivity contribution in [2.45, 2.75) is 112 Å². The van der Waals surface area contributed by atoms with E-state index >= 15 is 0 Å². The second-order valence-electron chi connectivity index (χ2n) is 16.4. The second kappa shape index (κ2) is 18.1. The molecule has 2 aromatic rings. The Labute approximate surface area is 344 Å². The molecule has 1 aliphatic carbocycles. The highest BCUT2D eigenvalue weighted by atomic mass is 32.2. The smallest absolute Gasteiger partial charge is 0.410 e. The summed E-state index contributed by atoms with van der Waals surface area (Å²) >= 11 is 0. The maximum atomic E-state index is 14.7. The third kappa shape index (κ3) is 9.56. The van der Waals surface area contributed by atoms with E-state index in [2.05, 4.69) is 32.6 Å². The molecular formula is C42H54FN7O8S. The number of carbonyl (C=O) groups excluding carboxylic acids is 5.